The van der Waals surface area contributed by atoms with Crippen LogP contribution in [0.5, 0.6) is 0 Å². The first-order chi connectivity index (χ1) is 19.6. The number of aromatic nitrogens is 2. The van der Waals surface area contributed by atoms with Crippen molar-refractivity contribution in [1.29, 1.82) is 0 Å². The molecule has 10 heteroatoms. The number of rotatable bonds is 6. The summed E-state index contributed by atoms with van der Waals surface area (Å²) in [6.07, 6.45) is 4.31. The predicted molar refractivity (Wildman–Crippen MR) is 156 cm³/mol. The number of H-pyrrole nitrogens is 1. The Morgan fingerprint density at radius 1 is 1.10 bits per heavy atom. The summed E-state index contributed by atoms with van der Waals surface area (Å²) in [5.41, 5.74) is 0.931. The molecule has 220 valence electrons. The number of nitrogens with one attached hydrogen (secondary N) is 3. The Morgan fingerprint density at radius 2 is 1.78 bits per heavy atom. The number of carbonyl (C=O) groups excluding carboxylic acids is 2. The average molecular weight is 566 g/mol. The van der Waals surface area contributed by atoms with Crippen molar-refractivity contribution in [2.75, 3.05) is 26.2 Å². The Bertz CT molecular complexity index is 1390. The summed E-state index contributed by atoms with van der Waals surface area (Å²) in [5, 5.41) is 14.5. The fourth-order valence-corrected chi connectivity index (χ4v) is 5.40. The number of hydrogen-bond acceptors (Lipinski definition) is 7. The molecule has 2 heterocycles. The van der Waals surface area contributed by atoms with E-state index in [0.29, 0.717) is 30.0 Å². The standard InChI is InChI=1S/C26H30FN5O2.C5H10O2/c27-23-10-5-17(16-24-20-3-1-2-4-21(20)26(34)31-30-24)15-22(23)25(33)29-18-6-8-19(9-7-18)32-13-11-28-12-14-32;1-5(2,3)7-4-6/h1-5,10,15,18-19,28H,6-9,11-14,16H2,(H,29,33)(H,31,34);4H,1-3H3. The van der Waals surface area contributed by atoms with Crippen LogP contribution in [0.15, 0.2) is 47.3 Å². The molecule has 5 rings (SSSR count). The van der Waals surface area contributed by atoms with E-state index in [1.54, 1.807) is 24.3 Å². The lowest BCUT2D eigenvalue weighted by atomic mass is 9.89. The first-order valence-corrected chi connectivity index (χ1v) is 14.3. The highest BCUT2D eigenvalue weighted by atomic mass is 19.1. The number of hydrogen-bond donors (Lipinski definition) is 3. The van der Waals surface area contributed by atoms with Gasteiger partial charge in [-0.25, -0.2) is 9.49 Å². The Morgan fingerprint density at radius 3 is 2.41 bits per heavy atom. The maximum atomic E-state index is 14.6. The number of aromatic amines is 1. The van der Waals surface area contributed by atoms with E-state index in [4.69, 9.17) is 0 Å². The second kappa shape index (κ2) is 13.8. The molecular formula is C31H40FN5O4. The van der Waals surface area contributed by atoms with E-state index >= 15 is 0 Å². The van der Waals surface area contributed by atoms with Gasteiger partial charge < -0.3 is 15.4 Å². The fraction of sp³-hybridized carbons (Fsp3) is 0.484. The van der Waals surface area contributed by atoms with Gasteiger partial charge in [0.05, 0.1) is 16.6 Å². The molecule has 1 saturated heterocycles. The molecule has 0 bridgehead atoms. The molecule has 9 nitrogen and oxygen atoms in total. The van der Waals surface area contributed by atoms with Crippen molar-refractivity contribution in [3.8, 4) is 0 Å². The number of fused-ring (bicyclic) bond motifs is 1. The van der Waals surface area contributed by atoms with Crippen LogP contribution >= 0.6 is 0 Å². The Hall–Kier alpha value is -3.63. The molecule has 1 aliphatic heterocycles. The smallest absolute Gasteiger partial charge is 0.293 e. The SMILES string of the molecule is CC(C)(C)OC=O.O=C(NC1CCC(N2CCNCC2)CC1)c1cc(Cc2n[nH]c(=O)c3ccccc23)ccc1F. The maximum Gasteiger partial charge on any atom is 0.293 e. The monoisotopic (exact) mass is 565 g/mol. The fourth-order valence-electron chi connectivity index (χ4n) is 5.40. The van der Waals surface area contributed by atoms with Gasteiger partial charge in [0.2, 0.25) is 0 Å². The number of carbonyl (C=O) groups is 2. The topological polar surface area (TPSA) is 116 Å². The van der Waals surface area contributed by atoms with Crippen LogP contribution in [-0.2, 0) is 16.0 Å². The van der Waals surface area contributed by atoms with Crippen LogP contribution in [-0.4, -0.2) is 71.3 Å². The van der Waals surface area contributed by atoms with Crippen LogP contribution < -0.4 is 16.2 Å². The number of halogens is 1. The zero-order chi connectivity index (χ0) is 29.4. The third kappa shape index (κ3) is 8.43. The van der Waals surface area contributed by atoms with Gasteiger partial charge in [0, 0.05) is 50.1 Å². The van der Waals surface area contributed by atoms with Gasteiger partial charge in [-0.3, -0.25) is 19.3 Å². The number of ether oxygens (including phenoxy) is 1. The van der Waals surface area contributed by atoms with E-state index in [9.17, 15) is 18.8 Å². The minimum absolute atomic E-state index is 0.0514. The Labute approximate surface area is 239 Å². The largest absolute Gasteiger partial charge is 0.462 e. The van der Waals surface area contributed by atoms with Gasteiger partial charge in [-0.2, -0.15) is 5.10 Å². The molecule has 1 saturated carbocycles. The summed E-state index contributed by atoms with van der Waals surface area (Å²) >= 11 is 0. The lowest BCUT2D eigenvalue weighted by Gasteiger charge is -2.39. The normalized spacial score (nSPS) is 19.6. The second-order valence-electron chi connectivity index (χ2n) is 11.6. The summed E-state index contributed by atoms with van der Waals surface area (Å²) in [6.45, 7) is 10.2. The summed E-state index contributed by atoms with van der Waals surface area (Å²) in [6, 6.07) is 12.5. The van der Waals surface area contributed by atoms with Crippen LogP contribution in [0.2, 0.25) is 0 Å². The molecule has 0 atom stereocenters. The zero-order valence-corrected chi connectivity index (χ0v) is 24.0. The van der Waals surface area contributed by atoms with E-state index in [-0.39, 0.29) is 28.7 Å². The molecule has 2 fully saturated rings. The van der Waals surface area contributed by atoms with Gasteiger partial charge in [-0.15, -0.1) is 0 Å². The molecule has 0 radical (unpaired) electrons. The first kappa shape index (κ1) is 30.3. The number of amides is 1. The predicted octanol–water partition coefficient (Wildman–Crippen LogP) is 3.56. The zero-order valence-electron chi connectivity index (χ0n) is 24.0. The molecule has 0 spiro atoms. The van der Waals surface area contributed by atoms with E-state index in [1.165, 1.54) is 6.07 Å². The minimum Gasteiger partial charge on any atom is -0.462 e. The molecule has 1 amide bonds. The molecule has 1 aromatic heterocycles. The van der Waals surface area contributed by atoms with Crippen molar-refractivity contribution < 1.29 is 18.7 Å². The molecule has 3 aromatic rings. The minimum atomic E-state index is -0.532. The Balaban J connectivity index is 0.000000493. The lowest BCUT2D eigenvalue weighted by Crippen LogP contribution is -2.50. The third-order valence-electron chi connectivity index (χ3n) is 7.52. The van der Waals surface area contributed by atoms with Gasteiger partial charge in [0.15, 0.2) is 0 Å². The third-order valence-corrected chi connectivity index (χ3v) is 7.52. The van der Waals surface area contributed by atoms with E-state index < -0.39 is 5.82 Å². The van der Waals surface area contributed by atoms with Gasteiger partial charge in [0.1, 0.15) is 11.4 Å². The van der Waals surface area contributed by atoms with Crippen LogP contribution in [0.4, 0.5) is 4.39 Å². The van der Waals surface area contributed by atoms with Gasteiger partial charge in [-0.1, -0.05) is 24.3 Å². The van der Waals surface area contributed by atoms with Crippen LogP contribution in [0.3, 0.4) is 0 Å². The van der Waals surface area contributed by atoms with E-state index in [2.05, 4.69) is 30.5 Å². The molecule has 0 unspecified atom stereocenters. The second-order valence-corrected chi connectivity index (χ2v) is 11.6. The summed E-state index contributed by atoms with van der Waals surface area (Å²) < 4.78 is 19.1. The quantitative estimate of drug-likeness (QED) is 0.392. The first-order valence-electron chi connectivity index (χ1n) is 14.3. The van der Waals surface area contributed by atoms with Crippen LogP contribution in [0.25, 0.3) is 10.8 Å². The molecule has 2 aromatic carbocycles. The van der Waals surface area contributed by atoms with Crippen molar-refractivity contribution in [2.45, 2.75) is 70.6 Å². The highest BCUT2D eigenvalue weighted by Crippen LogP contribution is 2.24. The van der Waals surface area contributed by atoms with Gasteiger partial charge >= 0.3 is 0 Å². The molecule has 41 heavy (non-hydrogen) atoms. The summed E-state index contributed by atoms with van der Waals surface area (Å²) in [7, 11) is 0. The summed E-state index contributed by atoms with van der Waals surface area (Å²) in [5.74, 6) is -0.903. The molecular weight excluding hydrogens is 525 g/mol. The average Bonchev–Trinajstić information content (AvgIpc) is 2.96. The molecule has 2 aliphatic rings. The highest BCUT2D eigenvalue weighted by molar-refractivity contribution is 5.95. The number of piperazine rings is 1. The lowest BCUT2D eigenvalue weighted by molar-refractivity contribution is -0.138. The highest BCUT2D eigenvalue weighted by Gasteiger charge is 2.28. The van der Waals surface area contributed by atoms with Crippen LogP contribution in [0.1, 0.15) is 68.1 Å². The van der Waals surface area contributed by atoms with E-state index in [0.717, 1.165) is 62.8 Å². The maximum absolute atomic E-state index is 14.6. The van der Waals surface area contributed by atoms with Crippen molar-refractivity contribution in [2.24, 2.45) is 0 Å². The van der Waals surface area contributed by atoms with Crippen molar-refractivity contribution in [1.82, 2.24) is 25.7 Å². The van der Waals surface area contributed by atoms with Crippen molar-refractivity contribution in [3.05, 3.63) is 75.5 Å². The van der Waals surface area contributed by atoms with Crippen LogP contribution in [0, 0.1) is 5.82 Å². The molecule has 3 N–H and O–H groups in total. The summed E-state index contributed by atoms with van der Waals surface area (Å²) in [4.78, 5) is 37.1. The molecule has 1 aliphatic carbocycles. The Kier molecular flexibility index (Phi) is 10.2. The number of benzene rings is 2. The van der Waals surface area contributed by atoms with Gasteiger partial charge in [0.25, 0.3) is 17.9 Å². The van der Waals surface area contributed by atoms with Crippen molar-refractivity contribution >= 4 is 23.2 Å². The van der Waals surface area contributed by atoms with Crippen molar-refractivity contribution in [3.63, 3.8) is 0 Å². The van der Waals surface area contributed by atoms with Gasteiger partial charge in [-0.05, 0) is 70.2 Å². The number of nitrogens with zero attached hydrogens (tertiary/aromatic N) is 2. The van der Waals surface area contributed by atoms with E-state index in [1.807, 2.05) is 32.9 Å².